The van der Waals surface area contributed by atoms with Crippen LogP contribution in [0, 0.1) is 6.92 Å². The highest BCUT2D eigenvalue weighted by molar-refractivity contribution is 5.86. The van der Waals surface area contributed by atoms with Gasteiger partial charge in [-0.05, 0) is 80.6 Å². The first kappa shape index (κ1) is 24.8. The van der Waals surface area contributed by atoms with Crippen LogP contribution in [-0.4, -0.2) is 50.8 Å². The van der Waals surface area contributed by atoms with E-state index in [0.717, 1.165) is 47.4 Å². The maximum Gasteiger partial charge on any atom is 0.251 e. The van der Waals surface area contributed by atoms with E-state index in [1.807, 2.05) is 78.7 Å². The van der Waals surface area contributed by atoms with E-state index in [2.05, 4.69) is 5.32 Å². The molecule has 2 unspecified atom stereocenters. The number of pyridine rings is 2. The molecule has 4 heterocycles. The van der Waals surface area contributed by atoms with Gasteiger partial charge in [0.15, 0.2) is 6.04 Å². The highest BCUT2D eigenvalue weighted by Crippen LogP contribution is 2.34. The Morgan fingerprint density at radius 3 is 2.84 bits per heavy atom. The van der Waals surface area contributed by atoms with Crippen LogP contribution in [0.1, 0.15) is 54.0 Å². The number of benzene rings is 1. The Hall–Kier alpha value is -3.91. The van der Waals surface area contributed by atoms with Gasteiger partial charge in [0.1, 0.15) is 5.75 Å². The van der Waals surface area contributed by atoms with Crippen molar-refractivity contribution in [2.45, 2.75) is 44.7 Å². The molecule has 1 aliphatic rings. The van der Waals surface area contributed by atoms with E-state index in [9.17, 15) is 9.90 Å². The summed E-state index contributed by atoms with van der Waals surface area (Å²) in [6.07, 6.45) is 5.25. The number of hydrogen-bond acceptors (Lipinski definition) is 6. The standard InChI is InChI=1S/C29H33N5O3/c1-20-8-7-10-25(30-20)27-11-4-5-13-33(27)29(36)28(26-19-23-9-3-6-14-34(23)32-26)31-22-16-21(12-15-35)17-24(18-22)37-2/h3,6-10,14,16-19,27-28,31,35H,4-5,11-13,15H2,1-2H3. The molecular formula is C29H33N5O3. The molecule has 1 fully saturated rings. The molecule has 0 spiro atoms. The molecule has 2 N–H and O–H groups in total. The van der Waals surface area contributed by atoms with E-state index in [-0.39, 0.29) is 18.6 Å². The highest BCUT2D eigenvalue weighted by Gasteiger charge is 2.35. The van der Waals surface area contributed by atoms with Crippen molar-refractivity contribution in [1.29, 1.82) is 0 Å². The van der Waals surface area contributed by atoms with Gasteiger partial charge in [-0.15, -0.1) is 0 Å². The van der Waals surface area contributed by atoms with Crippen molar-refractivity contribution >= 4 is 17.1 Å². The van der Waals surface area contributed by atoms with Gasteiger partial charge >= 0.3 is 0 Å². The fraction of sp³-hybridized carbons (Fsp3) is 0.345. The number of carbonyl (C=O) groups is 1. The zero-order valence-corrected chi connectivity index (χ0v) is 21.3. The van der Waals surface area contributed by atoms with Crippen LogP contribution >= 0.6 is 0 Å². The van der Waals surface area contributed by atoms with Crippen LogP contribution in [0.3, 0.4) is 0 Å². The number of likely N-dealkylation sites (tertiary alicyclic amines) is 1. The van der Waals surface area contributed by atoms with Gasteiger partial charge < -0.3 is 20.1 Å². The van der Waals surface area contributed by atoms with Gasteiger partial charge in [-0.1, -0.05) is 12.1 Å². The van der Waals surface area contributed by atoms with Crippen LogP contribution in [0.4, 0.5) is 5.69 Å². The number of nitrogens with one attached hydrogen (secondary N) is 1. The lowest BCUT2D eigenvalue weighted by atomic mass is 9.97. The number of aliphatic hydroxyl groups is 1. The monoisotopic (exact) mass is 499 g/mol. The van der Waals surface area contributed by atoms with Crippen LogP contribution in [0.15, 0.2) is 66.9 Å². The Balaban J connectivity index is 1.54. The number of aryl methyl sites for hydroxylation is 1. The third-order valence-corrected chi connectivity index (χ3v) is 6.88. The Morgan fingerprint density at radius 1 is 1.16 bits per heavy atom. The van der Waals surface area contributed by atoms with Crippen LogP contribution in [0.25, 0.3) is 5.52 Å². The minimum absolute atomic E-state index is 0.0281. The van der Waals surface area contributed by atoms with Gasteiger partial charge in [0.2, 0.25) is 0 Å². The van der Waals surface area contributed by atoms with E-state index in [4.69, 9.17) is 14.8 Å². The lowest BCUT2D eigenvalue weighted by Crippen LogP contribution is -2.43. The first-order valence-electron chi connectivity index (χ1n) is 12.8. The van der Waals surface area contributed by atoms with Crippen molar-refractivity contribution in [3.63, 3.8) is 0 Å². The largest absolute Gasteiger partial charge is 0.497 e. The highest BCUT2D eigenvalue weighted by atomic mass is 16.5. The van der Waals surface area contributed by atoms with Gasteiger partial charge in [-0.3, -0.25) is 9.78 Å². The van der Waals surface area contributed by atoms with Gasteiger partial charge in [0, 0.05) is 36.8 Å². The molecule has 1 saturated heterocycles. The summed E-state index contributed by atoms with van der Waals surface area (Å²) < 4.78 is 7.28. The first-order valence-corrected chi connectivity index (χ1v) is 12.8. The molecule has 3 aromatic heterocycles. The number of anilines is 1. The minimum Gasteiger partial charge on any atom is -0.497 e. The Bertz CT molecular complexity index is 1350. The number of methoxy groups -OCH3 is 1. The van der Waals surface area contributed by atoms with Gasteiger partial charge in [-0.25, -0.2) is 4.52 Å². The molecular weight excluding hydrogens is 466 g/mol. The predicted molar refractivity (Wildman–Crippen MR) is 143 cm³/mol. The number of aliphatic hydroxyl groups excluding tert-OH is 1. The lowest BCUT2D eigenvalue weighted by Gasteiger charge is -2.37. The van der Waals surface area contributed by atoms with Crippen LogP contribution in [0.2, 0.25) is 0 Å². The van der Waals surface area contributed by atoms with Crippen molar-refractivity contribution < 1.29 is 14.6 Å². The van der Waals surface area contributed by atoms with E-state index >= 15 is 0 Å². The number of ether oxygens (including phenoxy) is 1. The zero-order chi connectivity index (χ0) is 25.8. The third kappa shape index (κ3) is 5.44. The van der Waals surface area contributed by atoms with E-state index in [1.165, 1.54) is 0 Å². The van der Waals surface area contributed by atoms with Crippen molar-refractivity contribution in [3.8, 4) is 5.75 Å². The summed E-state index contributed by atoms with van der Waals surface area (Å²) in [5.41, 5.74) is 5.08. The smallest absolute Gasteiger partial charge is 0.251 e. The normalized spacial score (nSPS) is 16.5. The van der Waals surface area contributed by atoms with E-state index in [1.54, 1.807) is 11.6 Å². The van der Waals surface area contributed by atoms with Crippen molar-refractivity contribution in [1.82, 2.24) is 19.5 Å². The molecule has 0 aliphatic carbocycles. The van der Waals surface area contributed by atoms with Crippen molar-refractivity contribution in [2.24, 2.45) is 0 Å². The number of piperidine rings is 1. The molecule has 2 atom stereocenters. The number of fused-ring (bicyclic) bond motifs is 1. The Morgan fingerprint density at radius 2 is 2.05 bits per heavy atom. The summed E-state index contributed by atoms with van der Waals surface area (Å²) >= 11 is 0. The number of carbonyl (C=O) groups excluding carboxylic acids is 1. The first-order chi connectivity index (χ1) is 18.1. The second-order valence-electron chi connectivity index (χ2n) is 9.51. The molecule has 4 aromatic rings. The fourth-order valence-electron chi connectivity index (χ4n) is 5.08. The van der Waals surface area contributed by atoms with Crippen LogP contribution in [0.5, 0.6) is 5.75 Å². The maximum absolute atomic E-state index is 14.3. The maximum atomic E-state index is 14.3. The van der Waals surface area contributed by atoms with Crippen molar-refractivity contribution in [3.05, 3.63) is 89.5 Å². The molecule has 8 heteroatoms. The average Bonchev–Trinajstić information content (AvgIpc) is 3.35. The van der Waals surface area contributed by atoms with Crippen LogP contribution < -0.4 is 10.1 Å². The minimum atomic E-state index is -0.709. The zero-order valence-electron chi connectivity index (χ0n) is 21.3. The number of amides is 1. The molecule has 1 aromatic carbocycles. The molecule has 0 radical (unpaired) electrons. The van der Waals surface area contributed by atoms with Gasteiger partial charge in [0.05, 0.1) is 30.1 Å². The second-order valence-corrected chi connectivity index (χ2v) is 9.51. The van der Waals surface area contributed by atoms with Gasteiger partial charge in [-0.2, -0.15) is 5.10 Å². The van der Waals surface area contributed by atoms with Crippen LogP contribution in [-0.2, 0) is 11.2 Å². The number of rotatable bonds is 8. The molecule has 0 bridgehead atoms. The molecule has 1 amide bonds. The average molecular weight is 500 g/mol. The van der Waals surface area contributed by atoms with E-state index in [0.29, 0.717) is 24.4 Å². The number of nitrogens with zero attached hydrogens (tertiary/aromatic N) is 4. The fourth-order valence-corrected chi connectivity index (χ4v) is 5.08. The lowest BCUT2D eigenvalue weighted by molar-refractivity contribution is -0.136. The Labute approximate surface area is 216 Å². The molecule has 0 saturated carbocycles. The quantitative estimate of drug-likeness (QED) is 0.371. The summed E-state index contributed by atoms with van der Waals surface area (Å²) in [7, 11) is 1.61. The summed E-state index contributed by atoms with van der Waals surface area (Å²) in [6, 6.07) is 18.7. The molecule has 5 rings (SSSR count). The van der Waals surface area contributed by atoms with Gasteiger partial charge in [0.25, 0.3) is 5.91 Å². The second kappa shape index (κ2) is 11.0. The number of aromatic nitrogens is 3. The summed E-state index contributed by atoms with van der Waals surface area (Å²) in [5.74, 6) is 0.623. The molecule has 1 aliphatic heterocycles. The van der Waals surface area contributed by atoms with E-state index < -0.39 is 6.04 Å². The Kier molecular flexibility index (Phi) is 7.37. The summed E-state index contributed by atoms with van der Waals surface area (Å²) in [4.78, 5) is 21.0. The summed E-state index contributed by atoms with van der Waals surface area (Å²) in [6.45, 7) is 2.67. The SMILES string of the molecule is COc1cc(CCO)cc(NC(C(=O)N2CCCCC2c2cccc(C)n2)c2cc3ccccn3n2)c1. The third-order valence-electron chi connectivity index (χ3n) is 6.88. The molecule has 8 nitrogen and oxygen atoms in total. The summed E-state index contributed by atoms with van der Waals surface area (Å²) in [5, 5.41) is 17.7. The predicted octanol–water partition coefficient (Wildman–Crippen LogP) is 4.49. The number of hydrogen-bond donors (Lipinski definition) is 2. The topological polar surface area (TPSA) is 92.0 Å². The van der Waals surface area contributed by atoms with Crippen molar-refractivity contribution in [2.75, 3.05) is 25.6 Å². The molecule has 37 heavy (non-hydrogen) atoms. The molecule has 192 valence electrons.